The molecule has 8 amide bonds. The molecule has 0 saturated carbocycles. The molecule has 0 radical (unpaired) electrons. The molecule has 29 nitrogen and oxygen atoms in total. The van der Waals surface area contributed by atoms with Crippen LogP contribution >= 0.6 is 0 Å². The number of aromatic hydroxyl groups is 1. The number of ether oxygens (including phenoxy) is 10. The number of phenols is 1. The van der Waals surface area contributed by atoms with Crippen LogP contribution in [0.5, 0.6) is 5.75 Å². The second-order valence-corrected chi connectivity index (χ2v) is 19.0. The summed E-state index contributed by atoms with van der Waals surface area (Å²) in [5, 5.41) is 34.8. The van der Waals surface area contributed by atoms with E-state index in [0.29, 0.717) is 131 Å². The maximum absolute atomic E-state index is 13.3. The molecule has 0 saturated heterocycles. The highest BCUT2D eigenvalue weighted by atomic mass is 16.6. The predicted octanol–water partition coefficient (Wildman–Crippen LogP) is -1.29. The molecular formula is C55H90N8O21. The highest BCUT2D eigenvalue weighted by Gasteiger charge is 2.25. The summed E-state index contributed by atoms with van der Waals surface area (Å²) in [6.45, 7) is 8.47. The van der Waals surface area contributed by atoms with Crippen molar-refractivity contribution >= 4 is 58.9 Å². The van der Waals surface area contributed by atoms with Crippen molar-refractivity contribution in [2.75, 3.05) is 171 Å². The Bertz CT molecular complexity index is 2100. The first-order valence-electron chi connectivity index (χ1n) is 28.3. The van der Waals surface area contributed by atoms with Crippen LogP contribution in [0, 0.1) is 5.92 Å². The minimum Gasteiger partial charge on any atom is -0.506 e. The molecule has 0 aliphatic carbocycles. The van der Waals surface area contributed by atoms with E-state index < -0.39 is 78.4 Å². The number of amides is 8. The van der Waals surface area contributed by atoms with Crippen LogP contribution in [0.4, 0.5) is 5.69 Å². The Labute approximate surface area is 490 Å². The van der Waals surface area contributed by atoms with Crippen molar-refractivity contribution in [3.63, 3.8) is 0 Å². The molecule has 1 aliphatic rings. The average molecular weight is 1200 g/mol. The summed E-state index contributed by atoms with van der Waals surface area (Å²) in [5.41, 5.74) is 6.80. The number of aliphatic carboxylic acids is 1. The van der Waals surface area contributed by atoms with E-state index in [-0.39, 0.29) is 95.3 Å². The molecule has 1 aromatic rings. The zero-order valence-corrected chi connectivity index (χ0v) is 48.6. The first-order chi connectivity index (χ1) is 40.6. The number of rotatable bonds is 54. The number of carbonyl (C=O) groups excluding carboxylic acids is 8. The van der Waals surface area contributed by atoms with Crippen LogP contribution in [0.3, 0.4) is 0 Å². The number of carboxylic acids is 1. The van der Waals surface area contributed by atoms with Crippen molar-refractivity contribution in [3.05, 3.63) is 35.9 Å². The number of hydrogen-bond acceptors (Lipinski definition) is 21. The van der Waals surface area contributed by atoms with Gasteiger partial charge in [-0.3, -0.25) is 48.1 Å². The molecule has 0 unspecified atom stereocenters. The third kappa shape index (κ3) is 38.6. The van der Waals surface area contributed by atoms with Crippen LogP contribution in [0.15, 0.2) is 30.4 Å². The smallest absolute Gasteiger partial charge is 0.306 e. The third-order valence-electron chi connectivity index (χ3n) is 11.9. The Morgan fingerprint density at radius 3 is 1.60 bits per heavy atom. The van der Waals surface area contributed by atoms with Gasteiger partial charge in [0, 0.05) is 57.8 Å². The van der Waals surface area contributed by atoms with Crippen LogP contribution in [0.2, 0.25) is 0 Å². The molecule has 0 spiro atoms. The minimum atomic E-state index is -0.979. The molecule has 476 valence electrons. The van der Waals surface area contributed by atoms with Crippen molar-refractivity contribution in [2.45, 2.75) is 76.8 Å². The fraction of sp³-hybridized carbons (Fsp3) is 0.691. The Balaban J connectivity index is 1.55. The first-order valence-corrected chi connectivity index (χ1v) is 28.3. The van der Waals surface area contributed by atoms with Gasteiger partial charge in [0.2, 0.25) is 35.4 Å². The summed E-state index contributed by atoms with van der Waals surface area (Å²) in [4.78, 5) is 112. The third-order valence-corrected chi connectivity index (χ3v) is 11.9. The minimum absolute atomic E-state index is 0.0226. The quantitative estimate of drug-likeness (QED) is 0.0208. The molecule has 84 heavy (non-hydrogen) atoms. The number of nitrogens with zero attached hydrogens (tertiary/aromatic N) is 1. The van der Waals surface area contributed by atoms with Gasteiger partial charge in [-0.2, -0.15) is 0 Å². The Kier molecular flexibility index (Phi) is 42.2. The van der Waals surface area contributed by atoms with Crippen molar-refractivity contribution < 1.29 is 101 Å². The van der Waals surface area contributed by atoms with Gasteiger partial charge in [0.1, 0.15) is 18.4 Å². The molecule has 2 rings (SSSR count). The van der Waals surface area contributed by atoms with Crippen LogP contribution in [0.1, 0.15) is 63.9 Å². The van der Waals surface area contributed by atoms with Crippen LogP contribution < -0.4 is 37.6 Å². The fourth-order valence-corrected chi connectivity index (χ4v) is 7.44. The van der Waals surface area contributed by atoms with Gasteiger partial charge < -0.3 is 95.2 Å². The number of phenolic OH excluding ortho intramolecular Hbond substituents is 1. The summed E-state index contributed by atoms with van der Waals surface area (Å²) in [5.74, 6) is -6.00. The van der Waals surface area contributed by atoms with Crippen LogP contribution in [-0.2, 0) is 96.9 Å². The number of methoxy groups -OCH3 is 1. The van der Waals surface area contributed by atoms with Crippen molar-refractivity contribution in [2.24, 2.45) is 11.7 Å². The normalized spacial score (nSPS) is 13.1. The molecule has 1 aromatic carbocycles. The van der Waals surface area contributed by atoms with E-state index in [4.69, 9.17) is 58.2 Å². The number of carbonyl (C=O) groups is 9. The van der Waals surface area contributed by atoms with Gasteiger partial charge in [0.15, 0.2) is 0 Å². The van der Waals surface area contributed by atoms with Crippen LogP contribution in [-0.4, -0.2) is 246 Å². The van der Waals surface area contributed by atoms with E-state index in [1.165, 1.54) is 12.1 Å². The molecule has 10 N–H and O–H groups in total. The number of imide groups is 1. The van der Waals surface area contributed by atoms with Gasteiger partial charge >= 0.3 is 5.97 Å². The van der Waals surface area contributed by atoms with Crippen LogP contribution in [0.25, 0.3) is 0 Å². The number of hydrogen-bond donors (Lipinski definition) is 9. The summed E-state index contributed by atoms with van der Waals surface area (Å²) in [7, 11) is 1.62. The molecule has 3 atom stereocenters. The lowest BCUT2D eigenvalue weighted by atomic mass is 9.96. The average Bonchev–Trinajstić information content (AvgIpc) is 3.84. The van der Waals surface area contributed by atoms with E-state index in [1.807, 2.05) is 0 Å². The van der Waals surface area contributed by atoms with Gasteiger partial charge in [-0.05, 0) is 62.6 Å². The Morgan fingerprint density at radius 1 is 0.571 bits per heavy atom. The topological polar surface area (TPSA) is 388 Å². The number of benzene rings is 1. The highest BCUT2D eigenvalue weighted by Crippen LogP contribution is 2.25. The number of nitrogens with one attached hydrogen (secondary N) is 6. The second-order valence-electron chi connectivity index (χ2n) is 19.0. The summed E-state index contributed by atoms with van der Waals surface area (Å²) < 4.78 is 53.8. The molecule has 29 heteroatoms. The van der Waals surface area contributed by atoms with E-state index in [0.717, 1.165) is 17.1 Å². The van der Waals surface area contributed by atoms with Gasteiger partial charge in [0.25, 0.3) is 11.8 Å². The van der Waals surface area contributed by atoms with Gasteiger partial charge in [-0.15, -0.1) is 0 Å². The van der Waals surface area contributed by atoms with Crippen molar-refractivity contribution in [1.82, 2.24) is 31.5 Å². The standard InChI is InChI=1S/C55H90N8O21/c1-41(55(73)74)35-43(56)36-42-10-11-46(64)45(37-42)62-50(68)39-60-49(67)38-59-47(65)8-5-15-58-54(72)44(61-48(66)9-6-16-63-52(70)12-13-53(63)71)7-3-4-14-57-51(69)40-84-34-33-83-32-31-82-30-29-81-28-27-80-26-25-79-24-23-78-22-21-77-20-19-76-18-17-75-2/h10-13,37,41,43-44,64H,3-9,14-36,38-40,56H2,1-2H3,(H,57,69)(H,58,72)(H,59,65)(H,60,67)(H,61,66)(H,62,68)(H,73,74)/t41-,43+,44-/m0/s1. The molecule has 0 fully saturated rings. The lowest BCUT2D eigenvalue weighted by molar-refractivity contribution is -0.141. The van der Waals surface area contributed by atoms with Crippen molar-refractivity contribution in [1.29, 1.82) is 0 Å². The lowest BCUT2D eigenvalue weighted by Crippen LogP contribution is -2.47. The van der Waals surface area contributed by atoms with Gasteiger partial charge in [0.05, 0.1) is 144 Å². The van der Waals surface area contributed by atoms with Gasteiger partial charge in [-0.25, -0.2) is 0 Å². The van der Waals surface area contributed by atoms with Gasteiger partial charge in [-0.1, -0.05) is 13.0 Å². The van der Waals surface area contributed by atoms with E-state index in [2.05, 4.69) is 31.9 Å². The molecule has 1 aliphatic heterocycles. The summed E-state index contributed by atoms with van der Waals surface area (Å²) in [6.07, 6.45) is 4.08. The Morgan fingerprint density at radius 2 is 1.06 bits per heavy atom. The zero-order valence-electron chi connectivity index (χ0n) is 48.6. The molecular weight excluding hydrogens is 1110 g/mol. The number of anilines is 1. The monoisotopic (exact) mass is 1200 g/mol. The van der Waals surface area contributed by atoms with E-state index in [1.54, 1.807) is 20.1 Å². The number of unbranched alkanes of at least 4 members (excludes halogenated alkanes) is 1. The largest absolute Gasteiger partial charge is 0.506 e. The molecule has 0 bridgehead atoms. The number of nitrogens with two attached hydrogens (primary N) is 1. The summed E-state index contributed by atoms with van der Waals surface area (Å²) >= 11 is 0. The first kappa shape index (κ1) is 73.9. The fourth-order valence-electron chi connectivity index (χ4n) is 7.44. The SMILES string of the molecule is COCCOCCOCCOCCOCCOCCOCCOCCOCCOCC(=O)NCCCC[C@H](NC(=O)CCCN1C(=O)C=CC1=O)C(=O)NCCCC(=O)NCC(=O)NCC(=O)Nc1cc(C[C@H](N)C[C@H](C)C(=O)O)ccc1O. The zero-order chi connectivity index (χ0) is 61.4. The highest BCUT2D eigenvalue weighted by molar-refractivity contribution is 6.12. The molecule has 0 aromatic heterocycles. The number of carboxylic acid groups (broad SMARTS) is 1. The second kappa shape index (κ2) is 48.0. The Hall–Kier alpha value is -6.25. The lowest BCUT2D eigenvalue weighted by Gasteiger charge is -2.19. The van der Waals surface area contributed by atoms with Crippen molar-refractivity contribution in [3.8, 4) is 5.75 Å². The predicted molar refractivity (Wildman–Crippen MR) is 301 cm³/mol. The summed E-state index contributed by atoms with van der Waals surface area (Å²) in [6, 6.07) is 2.99. The maximum atomic E-state index is 13.3. The molecule has 1 heterocycles. The maximum Gasteiger partial charge on any atom is 0.306 e. The van der Waals surface area contributed by atoms with E-state index in [9.17, 15) is 48.3 Å². The van der Waals surface area contributed by atoms with E-state index >= 15 is 0 Å².